The van der Waals surface area contributed by atoms with Crippen molar-refractivity contribution in [2.75, 3.05) is 0 Å². The minimum atomic E-state index is -0.323. The topological polar surface area (TPSA) is 50.4 Å². The van der Waals surface area contributed by atoms with Crippen molar-refractivity contribution < 1.29 is 13.9 Å². The molecule has 2 atom stereocenters. The van der Waals surface area contributed by atoms with E-state index in [1.807, 2.05) is 0 Å². The number of benzene rings is 1. The molecule has 1 aliphatic rings. The SMILES string of the molecule is CCCC1CC(C(=O)OCc2ccc(F)cc2Br)NN1. The first-order chi connectivity index (χ1) is 9.60. The number of ether oxygens (including phenoxy) is 1. The van der Waals surface area contributed by atoms with Crippen LogP contribution in [0.25, 0.3) is 0 Å². The predicted molar refractivity (Wildman–Crippen MR) is 77.3 cm³/mol. The Labute approximate surface area is 126 Å². The minimum Gasteiger partial charge on any atom is -0.460 e. The van der Waals surface area contributed by atoms with Gasteiger partial charge in [-0.25, -0.2) is 9.82 Å². The zero-order valence-electron chi connectivity index (χ0n) is 11.3. The lowest BCUT2D eigenvalue weighted by Gasteiger charge is -2.11. The Morgan fingerprint density at radius 3 is 3.00 bits per heavy atom. The number of halogens is 2. The summed E-state index contributed by atoms with van der Waals surface area (Å²) in [4.78, 5) is 11.9. The molecule has 2 rings (SSSR count). The van der Waals surface area contributed by atoms with Gasteiger partial charge in [-0.15, -0.1) is 0 Å². The van der Waals surface area contributed by atoms with Crippen molar-refractivity contribution in [1.82, 2.24) is 10.9 Å². The van der Waals surface area contributed by atoms with Gasteiger partial charge in [-0.2, -0.15) is 0 Å². The van der Waals surface area contributed by atoms with Crippen molar-refractivity contribution in [3.8, 4) is 0 Å². The third-order valence-electron chi connectivity index (χ3n) is 3.29. The molecule has 110 valence electrons. The monoisotopic (exact) mass is 344 g/mol. The summed E-state index contributed by atoms with van der Waals surface area (Å²) in [5, 5.41) is 0. The lowest BCUT2D eigenvalue weighted by atomic mass is 10.1. The minimum absolute atomic E-state index is 0.135. The van der Waals surface area contributed by atoms with E-state index in [0.29, 0.717) is 10.5 Å². The second-order valence-electron chi connectivity index (χ2n) is 4.91. The first-order valence-corrected chi connectivity index (χ1v) is 7.51. The van der Waals surface area contributed by atoms with Gasteiger partial charge in [0.1, 0.15) is 18.5 Å². The lowest BCUT2D eigenvalue weighted by molar-refractivity contribution is -0.147. The normalized spacial score (nSPS) is 21.9. The molecule has 0 saturated carbocycles. The van der Waals surface area contributed by atoms with Crippen LogP contribution in [-0.4, -0.2) is 18.1 Å². The Morgan fingerprint density at radius 1 is 1.50 bits per heavy atom. The van der Waals surface area contributed by atoms with Gasteiger partial charge in [-0.05, 0) is 25.0 Å². The first-order valence-electron chi connectivity index (χ1n) is 6.71. The van der Waals surface area contributed by atoms with Crippen LogP contribution < -0.4 is 10.9 Å². The highest BCUT2D eigenvalue weighted by molar-refractivity contribution is 9.10. The molecule has 0 spiro atoms. The smallest absolute Gasteiger partial charge is 0.324 e. The van der Waals surface area contributed by atoms with Crippen molar-refractivity contribution in [2.45, 2.75) is 44.9 Å². The molecule has 0 amide bonds. The molecule has 1 aliphatic heterocycles. The van der Waals surface area contributed by atoms with Gasteiger partial charge in [0, 0.05) is 16.1 Å². The summed E-state index contributed by atoms with van der Waals surface area (Å²) >= 11 is 3.25. The number of esters is 1. The van der Waals surface area contributed by atoms with Crippen molar-refractivity contribution in [1.29, 1.82) is 0 Å². The molecule has 0 aromatic heterocycles. The quantitative estimate of drug-likeness (QED) is 0.806. The Kier molecular flexibility index (Phi) is 5.51. The van der Waals surface area contributed by atoms with Crippen LogP contribution in [-0.2, 0) is 16.1 Å². The average Bonchev–Trinajstić information content (AvgIpc) is 2.86. The fraction of sp³-hybridized carbons (Fsp3) is 0.500. The Hall–Kier alpha value is -0.980. The maximum Gasteiger partial charge on any atom is 0.324 e. The summed E-state index contributed by atoms with van der Waals surface area (Å²) in [6, 6.07) is 4.31. The predicted octanol–water partition coefficient (Wildman–Crippen LogP) is 2.67. The van der Waals surface area contributed by atoms with E-state index in [-0.39, 0.29) is 24.4 Å². The fourth-order valence-electron chi connectivity index (χ4n) is 2.20. The van der Waals surface area contributed by atoms with E-state index in [1.165, 1.54) is 12.1 Å². The summed E-state index contributed by atoms with van der Waals surface area (Å²) in [6.45, 7) is 2.25. The van der Waals surface area contributed by atoms with Gasteiger partial charge in [0.2, 0.25) is 0 Å². The second-order valence-corrected chi connectivity index (χ2v) is 5.76. The molecule has 6 heteroatoms. The summed E-state index contributed by atoms with van der Waals surface area (Å²) < 4.78 is 18.8. The third kappa shape index (κ3) is 4.01. The van der Waals surface area contributed by atoms with E-state index in [0.717, 1.165) is 24.8 Å². The molecule has 1 heterocycles. The molecule has 1 aromatic carbocycles. The third-order valence-corrected chi connectivity index (χ3v) is 4.03. The van der Waals surface area contributed by atoms with E-state index >= 15 is 0 Å². The van der Waals surface area contributed by atoms with Gasteiger partial charge in [-0.1, -0.05) is 35.3 Å². The van der Waals surface area contributed by atoms with Crippen molar-refractivity contribution in [2.24, 2.45) is 0 Å². The van der Waals surface area contributed by atoms with Crippen molar-refractivity contribution in [3.05, 3.63) is 34.1 Å². The van der Waals surface area contributed by atoms with E-state index in [4.69, 9.17) is 4.74 Å². The summed E-state index contributed by atoms with van der Waals surface area (Å²) in [5.74, 6) is -0.608. The van der Waals surface area contributed by atoms with Crippen LogP contribution in [0, 0.1) is 5.82 Å². The van der Waals surface area contributed by atoms with Gasteiger partial charge < -0.3 is 4.74 Å². The molecule has 20 heavy (non-hydrogen) atoms. The van der Waals surface area contributed by atoms with Crippen LogP contribution in [0.5, 0.6) is 0 Å². The Bertz CT molecular complexity index is 484. The van der Waals surface area contributed by atoms with Crippen LogP contribution >= 0.6 is 15.9 Å². The number of hydrogen-bond acceptors (Lipinski definition) is 4. The van der Waals surface area contributed by atoms with Crippen LogP contribution in [0.2, 0.25) is 0 Å². The molecular weight excluding hydrogens is 327 g/mol. The maximum atomic E-state index is 13.0. The Morgan fingerprint density at radius 2 is 2.30 bits per heavy atom. The highest BCUT2D eigenvalue weighted by atomic mass is 79.9. The van der Waals surface area contributed by atoms with E-state index < -0.39 is 0 Å². The molecule has 1 aromatic rings. The lowest BCUT2D eigenvalue weighted by Crippen LogP contribution is -2.38. The average molecular weight is 345 g/mol. The van der Waals surface area contributed by atoms with Gasteiger partial charge in [0.05, 0.1) is 0 Å². The molecule has 2 unspecified atom stereocenters. The van der Waals surface area contributed by atoms with E-state index in [1.54, 1.807) is 6.07 Å². The largest absolute Gasteiger partial charge is 0.460 e. The molecule has 4 nitrogen and oxygen atoms in total. The number of hydrogen-bond donors (Lipinski definition) is 2. The molecular formula is C14H18BrFN2O2. The summed E-state index contributed by atoms with van der Waals surface area (Å²) in [5.41, 5.74) is 6.80. The van der Waals surface area contributed by atoms with Crippen LogP contribution in [0.3, 0.4) is 0 Å². The molecule has 2 N–H and O–H groups in total. The fourth-order valence-corrected chi connectivity index (χ4v) is 2.67. The molecule has 1 fully saturated rings. The van der Waals surface area contributed by atoms with Gasteiger partial charge >= 0.3 is 5.97 Å². The van der Waals surface area contributed by atoms with Gasteiger partial charge in [-0.3, -0.25) is 10.2 Å². The zero-order valence-corrected chi connectivity index (χ0v) is 12.9. The number of carbonyl (C=O) groups excluding carboxylic acids is 1. The molecule has 1 saturated heterocycles. The standard InChI is InChI=1S/C14H18BrFN2O2/c1-2-3-11-7-13(18-17-11)14(19)20-8-9-4-5-10(16)6-12(9)15/h4-6,11,13,17-18H,2-3,7-8H2,1H3. The molecule has 0 bridgehead atoms. The summed E-state index contributed by atoms with van der Waals surface area (Å²) in [7, 11) is 0. The van der Waals surface area contributed by atoms with Crippen LogP contribution in [0.15, 0.2) is 22.7 Å². The summed E-state index contributed by atoms with van der Waals surface area (Å²) in [6.07, 6.45) is 2.83. The maximum absolute atomic E-state index is 13.0. The van der Waals surface area contributed by atoms with Gasteiger partial charge in [0.25, 0.3) is 0 Å². The number of carbonyl (C=O) groups is 1. The number of nitrogens with one attached hydrogen (secondary N) is 2. The van der Waals surface area contributed by atoms with Crippen molar-refractivity contribution in [3.63, 3.8) is 0 Å². The molecule has 0 aliphatic carbocycles. The number of hydrazine groups is 1. The number of rotatable bonds is 5. The highest BCUT2D eigenvalue weighted by Crippen LogP contribution is 2.19. The van der Waals surface area contributed by atoms with Crippen LogP contribution in [0.1, 0.15) is 31.7 Å². The van der Waals surface area contributed by atoms with Crippen LogP contribution in [0.4, 0.5) is 4.39 Å². The van der Waals surface area contributed by atoms with E-state index in [2.05, 4.69) is 33.7 Å². The zero-order chi connectivity index (χ0) is 14.5. The highest BCUT2D eigenvalue weighted by Gasteiger charge is 2.29. The second kappa shape index (κ2) is 7.15. The first kappa shape index (κ1) is 15.4. The molecule has 0 radical (unpaired) electrons. The van der Waals surface area contributed by atoms with Gasteiger partial charge in [0.15, 0.2) is 0 Å². The van der Waals surface area contributed by atoms with E-state index in [9.17, 15) is 9.18 Å². The van der Waals surface area contributed by atoms with Crippen molar-refractivity contribution >= 4 is 21.9 Å². The Balaban J connectivity index is 1.83.